The van der Waals surface area contributed by atoms with Gasteiger partial charge in [0, 0.05) is 50.9 Å². The lowest BCUT2D eigenvalue weighted by atomic mass is 10.0. The largest absolute Gasteiger partial charge is 0.506 e. The van der Waals surface area contributed by atoms with Crippen LogP contribution in [0.15, 0.2) is 109 Å². The molecule has 0 radical (unpaired) electrons. The fourth-order valence-corrected chi connectivity index (χ4v) is 5.47. The van der Waals surface area contributed by atoms with Gasteiger partial charge < -0.3 is 26.0 Å². The van der Waals surface area contributed by atoms with E-state index in [0.717, 1.165) is 39.0 Å². The van der Waals surface area contributed by atoms with Crippen LogP contribution in [0.2, 0.25) is 10.0 Å². The number of aromatic hydroxyl groups is 2. The number of nitrogens with two attached hydrogens (primary N) is 1. The quantitative estimate of drug-likeness (QED) is 0.135. The van der Waals surface area contributed by atoms with Crippen LogP contribution >= 0.6 is 23.2 Å². The highest BCUT2D eigenvalue weighted by Gasteiger charge is 2.11. The van der Waals surface area contributed by atoms with E-state index in [9.17, 15) is 10.2 Å². The Bertz CT molecular complexity index is 2210. The van der Waals surface area contributed by atoms with Crippen molar-refractivity contribution in [1.82, 2.24) is 19.9 Å². The molecule has 0 fully saturated rings. The highest BCUT2D eigenvalue weighted by Crippen LogP contribution is 2.35. The number of hydrogen-bond donors (Lipinski definition) is 4. The van der Waals surface area contributed by atoms with Crippen molar-refractivity contribution in [3.63, 3.8) is 0 Å². The highest BCUT2D eigenvalue weighted by atomic mass is 35.5. The summed E-state index contributed by atoms with van der Waals surface area (Å²) in [6.07, 6.45) is 3.27. The number of phenolic OH excluding ortho intramolecular Hbond substituents is 2. The molecule has 2 heterocycles. The van der Waals surface area contributed by atoms with Crippen molar-refractivity contribution >= 4 is 56.9 Å². The first-order chi connectivity index (χ1) is 22.8. The average molecular weight is 680 g/mol. The van der Waals surface area contributed by atoms with Gasteiger partial charge in [-0.15, -0.1) is 0 Å². The third-order valence-corrected chi connectivity index (χ3v) is 7.98. The van der Waals surface area contributed by atoms with E-state index in [1.165, 1.54) is 0 Å². The Kier molecular flexibility index (Phi) is 10.4. The van der Waals surface area contributed by atoms with Crippen LogP contribution in [0.3, 0.4) is 0 Å². The molecule has 242 valence electrons. The fourth-order valence-electron chi connectivity index (χ4n) is 4.98. The Labute approximate surface area is 287 Å². The first-order valence-corrected chi connectivity index (χ1v) is 15.2. The van der Waals surface area contributed by atoms with E-state index in [4.69, 9.17) is 33.7 Å². The number of ether oxygens (including phenoxy) is 1. The molecule has 5 aromatic carbocycles. The topological polar surface area (TPSA) is 139 Å². The van der Waals surface area contributed by atoms with E-state index in [0.29, 0.717) is 39.0 Å². The molecule has 0 aliphatic carbocycles. The molecule has 0 amide bonds. The molecule has 0 aliphatic heterocycles. The number of nitrogen functional groups attached to an aromatic ring is 1. The van der Waals surface area contributed by atoms with E-state index >= 15 is 0 Å². The Morgan fingerprint density at radius 3 is 1.77 bits per heavy atom. The fraction of sp³-hybridized carbons (Fsp3) is 0.0811. The van der Waals surface area contributed by atoms with Crippen LogP contribution in [0.4, 0.5) is 11.9 Å². The third-order valence-electron chi connectivity index (χ3n) is 7.32. The molecule has 9 nitrogen and oxygen atoms in total. The molecule has 0 spiro atoms. The summed E-state index contributed by atoms with van der Waals surface area (Å²) < 4.78 is 5.16. The van der Waals surface area contributed by atoms with Gasteiger partial charge in [0.25, 0.3) is 0 Å². The monoisotopic (exact) mass is 678 g/mol. The Morgan fingerprint density at radius 2 is 1.23 bits per heavy atom. The van der Waals surface area contributed by atoms with Crippen molar-refractivity contribution < 1.29 is 14.9 Å². The predicted molar refractivity (Wildman–Crippen MR) is 195 cm³/mol. The molecule has 0 saturated carbocycles. The molecule has 11 heteroatoms. The van der Waals surface area contributed by atoms with Crippen molar-refractivity contribution in [2.75, 3.05) is 18.2 Å². The normalized spacial score (nSPS) is 10.6. The Hall–Kier alpha value is -5.64. The van der Waals surface area contributed by atoms with Gasteiger partial charge >= 0.3 is 0 Å². The lowest BCUT2D eigenvalue weighted by Crippen LogP contribution is -2.03. The van der Waals surface area contributed by atoms with E-state index < -0.39 is 0 Å². The number of benzene rings is 5. The molecule has 0 unspecified atom stereocenters. The predicted octanol–water partition coefficient (Wildman–Crippen LogP) is 9.15. The van der Waals surface area contributed by atoms with Gasteiger partial charge in [-0.3, -0.25) is 0 Å². The number of hydrogen-bond acceptors (Lipinski definition) is 9. The second-order valence-corrected chi connectivity index (χ2v) is 11.3. The molecule has 7 rings (SSSR count). The van der Waals surface area contributed by atoms with E-state index in [2.05, 4.69) is 25.3 Å². The van der Waals surface area contributed by atoms with Gasteiger partial charge in [0.1, 0.15) is 28.3 Å². The third kappa shape index (κ3) is 7.49. The van der Waals surface area contributed by atoms with Gasteiger partial charge in [-0.05, 0) is 65.2 Å². The van der Waals surface area contributed by atoms with Gasteiger partial charge in [-0.1, -0.05) is 79.2 Å². The smallest absolute Gasteiger partial charge is 0.223 e. The first kappa shape index (κ1) is 33.7. The van der Waals surface area contributed by atoms with Crippen molar-refractivity contribution in [1.29, 1.82) is 0 Å². The van der Waals surface area contributed by atoms with Crippen molar-refractivity contribution in [2.24, 2.45) is 0 Å². The minimum Gasteiger partial charge on any atom is -0.506 e. The number of anilines is 2. The first-order valence-electron chi connectivity index (χ1n) is 14.4. The van der Waals surface area contributed by atoms with Crippen LogP contribution in [0.5, 0.6) is 17.2 Å². The van der Waals surface area contributed by atoms with E-state index in [1.807, 2.05) is 78.9 Å². The number of rotatable bonds is 6. The van der Waals surface area contributed by atoms with Crippen LogP contribution < -0.4 is 15.8 Å². The molecule has 0 bridgehead atoms. The van der Waals surface area contributed by atoms with Crippen molar-refractivity contribution in [3.05, 3.63) is 125 Å². The summed E-state index contributed by atoms with van der Waals surface area (Å²) in [5.41, 5.74) is 10.8. The minimum absolute atomic E-state index is 0. The summed E-state index contributed by atoms with van der Waals surface area (Å²) in [5.74, 6) is 1.53. The minimum atomic E-state index is 0. The van der Waals surface area contributed by atoms with Crippen molar-refractivity contribution in [2.45, 2.75) is 14.0 Å². The second kappa shape index (κ2) is 14.8. The lowest BCUT2D eigenvalue weighted by molar-refractivity contribution is 0.414. The number of phenols is 2. The standard InChI is InChI=1S/C22H18ClN3O2.C14H10ClN3O.CH4/c1-28-17-8-6-14(7-9-17)12-24-22-25-13-16-10-15(11-20(27)21(16)26-22)18-4-2-3-5-19(18)23;15-11-4-2-1-3-10(11)8-5-9-7-17-14(16)18-13(9)12(19)6-8;/h2-11,13,27H,12H2,1H3,(H,24,25,26);1-7,19H,(H2,16,17,18);1H4. The SMILES string of the molecule is C.COc1ccc(CNc2ncc3cc(-c4ccccc4Cl)cc(O)c3n2)cc1.Nc1ncc2cc(-c3ccccc3Cl)cc(O)c2n1. The van der Waals surface area contributed by atoms with Gasteiger partial charge in [0.05, 0.1) is 7.11 Å². The van der Waals surface area contributed by atoms with Crippen LogP contribution in [-0.4, -0.2) is 37.3 Å². The number of halogens is 2. The zero-order valence-electron chi connectivity index (χ0n) is 25.0. The molecule has 2 aromatic heterocycles. The lowest BCUT2D eigenvalue weighted by Gasteiger charge is -2.10. The molecule has 0 saturated heterocycles. The second-order valence-electron chi connectivity index (χ2n) is 10.4. The zero-order valence-corrected chi connectivity index (χ0v) is 26.5. The number of nitrogens with one attached hydrogen (secondary N) is 1. The van der Waals surface area contributed by atoms with E-state index in [1.54, 1.807) is 37.7 Å². The number of fused-ring (bicyclic) bond motifs is 2. The molecule has 0 atom stereocenters. The Morgan fingerprint density at radius 1 is 0.708 bits per heavy atom. The summed E-state index contributed by atoms with van der Waals surface area (Å²) in [6.45, 7) is 0.563. The molecule has 5 N–H and O–H groups in total. The molecule has 0 aliphatic rings. The summed E-state index contributed by atoms with van der Waals surface area (Å²) in [4.78, 5) is 16.8. The number of methoxy groups -OCH3 is 1. The van der Waals surface area contributed by atoms with Crippen LogP contribution in [0.25, 0.3) is 44.1 Å². The highest BCUT2D eigenvalue weighted by molar-refractivity contribution is 6.33. The number of aromatic nitrogens is 4. The van der Waals surface area contributed by atoms with Crippen LogP contribution in [0.1, 0.15) is 13.0 Å². The molecular formula is C37H32Cl2N6O3. The van der Waals surface area contributed by atoms with Gasteiger partial charge in [0.2, 0.25) is 11.9 Å². The number of nitrogens with zero attached hydrogens (tertiary/aromatic N) is 4. The molecular weight excluding hydrogens is 647 g/mol. The van der Waals surface area contributed by atoms with E-state index in [-0.39, 0.29) is 24.9 Å². The maximum atomic E-state index is 10.5. The van der Waals surface area contributed by atoms with Crippen LogP contribution in [-0.2, 0) is 6.54 Å². The molecule has 48 heavy (non-hydrogen) atoms. The van der Waals surface area contributed by atoms with Crippen LogP contribution in [0, 0.1) is 0 Å². The maximum absolute atomic E-state index is 10.5. The van der Waals surface area contributed by atoms with Gasteiger partial charge in [0.15, 0.2) is 0 Å². The van der Waals surface area contributed by atoms with Gasteiger partial charge in [-0.2, -0.15) is 0 Å². The summed E-state index contributed by atoms with van der Waals surface area (Å²) in [6, 6.07) is 29.8. The zero-order chi connectivity index (χ0) is 32.9. The summed E-state index contributed by atoms with van der Waals surface area (Å²) in [5, 5.41) is 26.4. The maximum Gasteiger partial charge on any atom is 0.223 e. The Balaban J connectivity index is 0.000000197. The molecule has 7 aromatic rings. The summed E-state index contributed by atoms with van der Waals surface area (Å²) >= 11 is 12.4. The van der Waals surface area contributed by atoms with Crippen molar-refractivity contribution in [3.8, 4) is 39.5 Å². The van der Waals surface area contributed by atoms with Gasteiger partial charge in [-0.25, -0.2) is 19.9 Å². The average Bonchev–Trinajstić information content (AvgIpc) is 3.08. The summed E-state index contributed by atoms with van der Waals surface area (Å²) in [7, 11) is 1.64.